The average Bonchev–Trinajstić information content (AvgIpc) is 3.31. The van der Waals surface area contributed by atoms with Crippen LogP contribution in [0.5, 0.6) is 17.2 Å². The third kappa shape index (κ3) is 4.46. The summed E-state index contributed by atoms with van der Waals surface area (Å²) < 4.78 is 26.1. The lowest BCUT2D eigenvalue weighted by Gasteiger charge is -2.26. The zero-order valence-corrected chi connectivity index (χ0v) is 23.1. The number of fused-ring (bicyclic) bond motifs is 1. The van der Waals surface area contributed by atoms with Crippen molar-refractivity contribution in [3.05, 3.63) is 71.7 Å². The molecule has 1 atom stereocenters. The van der Waals surface area contributed by atoms with Crippen molar-refractivity contribution in [2.24, 2.45) is 12.0 Å². The number of nitrogens with zero attached hydrogens (tertiary/aromatic N) is 3. The van der Waals surface area contributed by atoms with E-state index in [1.54, 1.807) is 30.5 Å². The summed E-state index contributed by atoms with van der Waals surface area (Å²) in [4.78, 5) is 32.2. The molecule has 37 heavy (non-hydrogen) atoms. The Labute approximate surface area is 218 Å². The van der Waals surface area contributed by atoms with Crippen LogP contribution in [-0.2, 0) is 16.6 Å². The van der Waals surface area contributed by atoms with Crippen LogP contribution >= 0.6 is 11.3 Å². The summed E-state index contributed by atoms with van der Waals surface area (Å²) in [6.07, 6.45) is 1.88. The van der Waals surface area contributed by atoms with Crippen LogP contribution in [0.4, 0.5) is 0 Å². The van der Waals surface area contributed by atoms with Crippen LogP contribution in [0.25, 0.3) is 6.08 Å². The number of allylic oxidation sites excluding steroid dienone is 1. The zero-order chi connectivity index (χ0) is 27.0. The van der Waals surface area contributed by atoms with Crippen LogP contribution in [0, 0.1) is 13.8 Å². The van der Waals surface area contributed by atoms with Gasteiger partial charge in [-0.15, -0.1) is 0 Å². The maximum atomic E-state index is 13.9. The first kappa shape index (κ1) is 26.3. The second-order valence-corrected chi connectivity index (χ2v) is 9.66. The first-order chi connectivity index (χ1) is 17.7. The lowest BCUT2D eigenvalue weighted by atomic mass is 9.95. The van der Waals surface area contributed by atoms with Gasteiger partial charge in [-0.05, 0) is 63.1 Å². The van der Waals surface area contributed by atoms with Crippen LogP contribution in [-0.4, -0.2) is 43.0 Å². The first-order valence-corrected chi connectivity index (χ1v) is 12.6. The van der Waals surface area contributed by atoms with E-state index in [4.69, 9.17) is 18.9 Å². The highest BCUT2D eigenvalue weighted by Crippen LogP contribution is 2.42. The van der Waals surface area contributed by atoms with Gasteiger partial charge in [0.2, 0.25) is 5.75 Å². The lowest BCUT2D eigenvalue weighted by molar-refractivity contribution is -0.139. The fraction of sp³-hybridized carbons (Fsp3) is 0.370. The highest BCUT2D eigenvalue weighted by Gasteiger charge is 2.34. The molecule has 1 aliphatic rings. The van der Waals surface area contributed by atoms with Gasteiger partial charge in [0.15, 0.2) is 16.3 Å². The maximum absolute atomic E-state index is 13.9. The highest BCUT2D eigenvalue weighted by molar-refractivity contribution is 7.07. The number of carbonyl (C=O) groups is 1. The number of methoxy groups -OCH3 is 3. The number of hydrogen-bond donors (Lipinski definition) is 0. The van der Waals surface area contributed by atoms with Gasteiger partial charge in [-0.3, -0.25) is 9.36 Å². The Balaban J connectivity index is 2.03. The molecule has 0 N–H and O–H groups in total. The number of aromatic nitrogens is 2. The van der Waals surface area contributed by atoms with Crippen molar-refractivity contribution in [3.8, 4) is 17.2 Å². The fourth-order valence-corrected chi connectivity index (χ4v) is 5.58. The minimum Gasteiger partial charge on any atom is -0.493 e. The van der Waals surface area contributed by atoms with Gasteiger partial charge in [0.05, 0.1) is 49.8 Å². The molecule has 1 aliphatic heterocycles. The van der Waals surface area contributed by atoms with E-state index in [2.05, 4.69) is 9.56 Å². The molecule has 0 saturated carbocycles. The maximum Gasteiger partial charge on any atom is 0.338 e. The van der Waals surface area contributed by atoms with Gasteiger partial charge >= 0.3 is 5.97 Å². The van der Waals surface area contributed by atoms with Crippen LogP contribution in [0.1, 0.15) is 42.4 Å². The number of esters is 1. The molecule has 10 heteroatoms. The van der Waals surface area contributed by atoms with E-state index in [-0.39, 0.29) is 17.7 Å². The molecule has 0 aliphatic carbocycles. The van der Waals surface area contributed by atoms with Crippen LogP contribution in [0.2, 0.25) is 0 Å². The molecule has 0 unspecified atom stereocenters. The van der Waals surface area contributed by atoms with E-state index < -0.39 is 12.0 Å². The normalized spacial score (nSPS) is 15.4. The SMILES string of the molecule is CCOC(=O)C1=C(C)N=c2s/c(=C/c3cc(C)n(C)c3C)c(=O)n2[C@@H]1c1cc(OC)c(OC)c(OC)c1. The quantitative estimate of drug-likeness (QED) is 0.441. The van der Waals surface area contributed by atoms with Crippen LogP contribution in [0.15, 0.2) is 39.3 Å². The molecule has 1 aromatic carbocycles. The van der Waals surface area contributed by atoms with Gasteiger partial charge in [-0.2, -0.15) is 0 Å². The second kappa shape index (κ2) is 10.3. The van der Waals surface area contributed by atoms with E-state index in [1.165, 1.54) is 32.7 Å². The Bertz CT molecular complexity index is 1570. The summed E-state index contributed by atoms with van der Waals surface area (Å²) in [7, 11) is 6.54. The summed E-state index contributed by atoms with van der Waals surface area (Å²) in [6.45, 7) is 7.71. The number of rotatable bonds is 7. The van der Waals surface area contributed by atoms with Gasteiger partial charge in [-0.1, -0.05) is 11.3 Å². The number of benzene rings is 1. The average molecular weight is 526 g/mol. The monoisotopic (exact) mass is 525 g/mol. The second-order valence-electron chi connectivity index (χ2n) is 8.65. The highest BCUT2D eigenvalue weighted by atomic mass is 32.1. The van der Waals surface area contributed by atoms with E-state index in [0.717, 1.165) is 17.0 Å². The van der Waals surface area contributed by atoms with Crippen LogP contribution in [0.3, 0.4) is 0 Å². The Morgan fingerprint density at radius 2 is 1.73 bits per heavy atom. The van der Waals surface area contributed by atoms with E-state index >= 15 is 0 Å². The molecule has 4 rings (SSSR count). The molecule has 0 radical (unpaired) electrons. The number of hydrogen-bond acceptors (Lipinski definition) is 8. The van der Waals surface area contributed by atoms with E-state index in [9.17, 15) is 9.59 Å². The molecule has 2 aromatic heterocycles. The van der Waals surface area contributed by atoms with Gasteiger partial charge in [0.1, 0.15) is 0 Å². The van der Waals surface area contributed by atoms with Crippen molar-refractivity contribution in [2.45, 2.75) is 33.7 Å². The molecule has 196 valence electrons. The summed E-state index contributed by atoms with van der Waals surface area (Å²) in [5, 5.41) is 0. The van der Waals surface area contributed by atoms with Crippen molar-refractivity contribution in [1.82, 2.24) is 9.13 Å². The Morgan fingerprint density at radius 1 is 1.08 bits per heavy atom. The number of aryl methyl sites for hydroxylation is 1. The minimum atomic E-state index is -0.801. The smallest absolute Gasteiger partial charge is 0.338 e. The zero-order valence-electron chi connectivity index (χ0n) is 22.3. The fourth-order valence-electron chi connectivity index (χ4n) is 4.54. The van der Waals surface area contributed by atoms with Gasteiger partial charge < -0.3 is 23.5 Å². The lowest BCUT2D eigenvalue weighted by Crippen LogP contribution is -2.40. The topological polar surface area (TPSA) is 93.3 Å². The molecule has 0 amide bonds. The predicted octanol–water partition coefficient (Wildman–Crippen LogP) is 2.78. The molecular formula is C27H31N3O6S. The Kier molecular flexibility index (Phi) is 7.31. The van der Waals surface area contributed by atoms with Crippen molar-refractivity contribution >= 4 is 23.4 Å². The van der Waals surface area contributed by atoms with Crippen LogP contribution < -0.4 is 29.1 Å². The minimum absolute atomic E-state index is 0.189. The van der Waals surface area contributed by atoms with Gasteiger partial charge in [0, 0.05) is 18.4 Å². The predicted molar refractivity (Wildman–Crippen MR) is 141 cm³/mol. The largest absolute Gasteiger partial charge is 0.493 e. The standard InChI is InChI=1S/C27H31N3O6S/c1-9-36-26(32)22-15(3)28-27-30(23(22)18-11-19(33-6)24(35-8)20(12-18)34-7)25(31)21(37-27)13-17-10-14(2)29(5)16(17)4/h10-13,23H,9H2,1-8H3/b21-13+/t23-/m1/s1. The van der Waals surface area contributed by atoms with E-state index in [1.807, 2.05) is 33.0 Å². The summed E-state index contributed by atoms with van der Waals surface area (Å²) in [5.74, 6) is 0.695. The first-order valence-electron chi connectivity index (χ1n) is 11.8. The van der Waals surface area contributed by atoms with Crippen molar-refractivity contribution in [1.29, 1.82) is 0 Å². The van der Waals surface area contributed by atoms with Gasteiger partial charge in [-0.25, -0.2) is 9.79 Å². The third-order valence-corrected chi connectivity index (χ3v) is 7.60. The number of thiazole rings is 1. The Morgan fingerprint density at radius 3 is 2.24 bits per heavy atom. The van der Waals surface area contributed by atoms with Crippen molar-refractivity contribution in [2.75, 3.05) is 27.9 Å². The summed E-state index contributed by atoms with van der Waals surface area (Å²) >= 11 is 1.28. The number of ether oxygens (including phenoxy) is 4. The molecule has 0 spiro atoms. The molecule has 3 aromatic rings. The third-order valence-electron chi connectivity index (χ3n) is 6.62. The summed E-state index contributed by atoms with van der Waals surface area (Å²) in [6, 6.07) is 4.72. The van der Waals surface area contributed by atoms with E-state index in [0.29, 0.717) is 37.8 Å². The molecule has 0 fully saturated rings. The van der Waals surface area contributed by atoms with Crippen molar-refractivity contribution < 1.29 is 23.7 Å². The molecule has 0 bridgehead atoms. The molecular weight excluding hydrogens is 494 g/mol. The summed E-state index contributed by atoms with van der Waals surface area (Å²) in [5.41, 5.74) is 4.21. The molecule has 0 saturated heterocycles. The Hall–Kier alpha value is -3.79. The van der Waals surface area contributed by atoms with Gasteiger partial charge in [0.25, 0.3) is 5.56 Å². The van der Waals surface area contributed by atoms with Crippen molar-refractivity contribution in [3.63, 3.8) is 0 Å². The molecule has 3 heterocycles. The number of carbonyl (C=O) groups excluding carboxylic acids is 1. The molecule has 9 nitrogen and oxygen atoms in total.